The lowest BCUT2D eigenvalue weighted by molar-refractivity contribution is -0.142. The van der Waals surface area contributed by atoms with Crippen LogP contribution in [0.25, 0.3) is 0 Å². The maximum Gasteiger partial charge on any atom is 0.419 e. The van der Waals surface area contributed by atoms with Gasteiger partial charge in [-0.15, -0.1) is 0 Å². The molecule has 0 saturated heterocycles. The van der Waals surface area contributed by atoms with E-state index in [0.29, 0.717) is 10.5 Å². The van der Waals surface area contributed by atoms with Crippen molar-refractivity contribution in [1.82, 2.24) is 0 Å². The maximum atomic E-state index is 11.7. The first kappa shape index (κ1) is 13.7. The predicted molar refractivity (Wildman–Crippen MR) is 66.6 cm³/mol. The van der Waals surface area contributed by atoms with Crippen LogP contribution >= 0.6 is 0 Å². The van der Waals surface area contributed by atoms with Crippen LogP contribution in [0, 0.1) is 0 Å². The van der Waals surface area contributed by atoms with Gasteiger partial charge in [0.1, 0.15) is 0 Å². The molecular formula is C13H11NO6. The summed E-state index contributed by atoms with van der Waals surface area (Å²) in [5.74, 6) is -2.46. The van der Waals surface area contributed by atoms with E-state index in [1.807, 2.05) is 0 Å². The van der Waals surface area contributed by atoms with E-state index in [0.717, 1.165) is 0 Å². The van der Waals surface area contributed by atoms with Crippen LogP contribution in [0.15, 0.2) is 18.2 Å². The number of rotatable bonds is 3. The third kappa shape index (κ3) is 2.25. The van der Waals surface area contributed by atoms with Gasteiger partial charge in [0.25, 0.3) is 5.78 Å². The Labute approximate surface area is 113 Å². The Bertz CT molecular complexity index is 621. The number of amides is 2. The number of carbonyl (C=O) groups is 4. The molecular weight excluding hydrogens is 266 g/mol. The molecule has 7 nitrogen and oxygen atoms in total. The van der Waals surface area contributed by atoms with Crippen molar-refractivity contribution in [3.63, 3.8) is 0 Å². The fourth-order valence-electron chi connectivity index (χ4n) is 1.96. The topological polar surface area (TPSA) is 101 Å². The molecule has 1 aromatic rings. The summed E-state index contributed by atoms with van der Waals surface area (Å²) in [6.45, 7) is 1.92. The smallest absolute Gasteiger partial charge is 0.419 e. The summed E-state index contributed by atoms with van der Waals surface area (Å²) >= 11 is 0. The van der Waals surface area contributed by atoms with E-state index in [1.165, 1.54) is 18.2 Å². The minimum atomic E-state index is -1.51. The lowest BCUT2D eigenvalue weighted by Crippen LogP contribution is -2.34. The lowest BCUT2D eigenvalue weighted by Gasteiger charge is -2.09. The highest BCUT2D eigenvalue weighted by molar-refractivity contribution is 6.55. The largest absolute Gasteiger partial charge is 0.466 e. The summed E-state index contributed by atoms with van der Waals surface area (Å²) in [7, 11) is 0. The Morgan fingerprint density at radius 1 is 1.30 bits per heavy atom. The highest BCUT2D eigenvalue weighted by atomic mass is 16.5. The molecule has 104 valence electrons. The maximum absolute atomic E-state index is 11.7. The van der Waals surface area contributed by atoms with Crippen molar-refractivity contribution in [3.05, 3.63) is 29.3 Å². The number of ketones is 1. The van der Waals surface area contributed by atoms with Gasteiger partial charge in [0.05, 0.1) is 24.3 Å². The molecule has 1 aromatic carbocycles. The number of benzene rings is 1. The molecule has 0 radical (unpaired) electrons. The fraction of sp³-hybridized carbons (Fsp3) is 0.231. The SMILES string of the molecule is CCOC(=O)Cc1ccc2c(c1)C(=O)C(=O)N2C(=O)O. The van der Waals surface area contributed by atoms with Gasteiger partial charge in [-0.2, -0.15) is 0 Å². The van der Waals surface area contributed by atoms with Crippen molar-refractivity contribution in [1.29, 1.82) is 0 Å². The molecule has 0 saturated carbocycles. The van der Waals surface area contributed by atoms with E-state index in [9.17, 15) is 19.2 Å². The molecule has 1 aliphatic heterocycles. The summed E-state index contributed by atoms with van der Waals surface area (Å²) in [6, 6.07) is 4.16. The van der Waals surface area contributed by atoms with E-state index in [1.54, 1.807) is 6.92 Å². The van der Waals surface area contributed by atoms with Gasteiger partial charge in [-0.25, -0.2) is 9.69 Å². The van der Waals surface area contributed by atoms with Crippen molar-refractivity contribution in [2.24, 2.45) is 0 Å². The zero-order valence-electron chi connectivity index (χ0n) is 10.6. The number of hydrogen-bond acceptors (Lipinski definition) is 5. The van der Waals surface area contributed by atoms with Crippen molar-refractivity contribution >= 4 is 29.4 Å². The standard InChI is InChI=1S/C13H11NO6/c1-2-20-10(15)6-7-3-4-9-8(5-7)11(16)12(17)14(9)13(18)19/h3-5H,2,6H2,1H3,(H,18,19). The van der Waals surface area contributed by atoms with Gasteiger partial charge in [-0.1, -0.05) is 6.07 Å². The second-order valence-corrected chi connectivity index (χ2v) is 4.09. The van der Waals surface area contributed by atoms with Crippen molar-refractivity contribution in [3.8, 4) is 0 Å². The summed E-state index contributed by atoms with van der Waals surface area (Å²) in [4.78, 5) is 45.9. The van der Waals surface area contributed by atoms with Crippen LogP contribution in [-0.4, -0.2) is 35.5 Å². The average molecular weight is 277 g/mol. The van der Waals surface area contributed by atoms with Crippen molar-refractivity contribution in [2.75, 3.05) is 11.5 Å². The Morgan fingerprint density at radius 2 is 2.00 bits per heavy atom. The van der Waals surface area contributed by atoms with Gasteiger partial charge in [-0.3, -0.25) is 14.4 Å². The van der Waals surface area contributed by atoms with Crippen LogP contribution in [0.4, 0.5) is 10.5 Å². The zero-order valence-corrected chi connectivity index (χ0v) is 10.6. The summed E-state index contributed by atoms with van der Waals surface area (Å²) in [6.07, 6.45) is -1.56. The van der Waals surface area contributed by atoms with E-state index in [4.69, 9.17) is 9.84 Å². The monoisotopic (exact) mass is 277 g/mol. The molecule has 2 rings (SSSR count). The van der Waals surface area contributed by atoms with Crippen LogP contribution in [0.2, 0.25) is 0 Å². The van der Waals surface area contributed by atoms with Gasteiger partial charge >= 0.3 is 18.0 Å². The second kappa shape index (κ2) is 5.12. The van der Waals surface area contributed by atoms with Crippen LogP contribution in [0.1, 0.15) is 22.8 Å². The van der Waals surface area contributed by atoms with Gasteiger partial charge in [0.15, 0.2) is 0 Å². The Hall–Kier alpha value is -2.70. The minimum Gasteiger partial charge on any atom is -0.466 e. The molecule has 20 heavy (non-hydrogen) atoms. The molecule has 1 heterocycles. The molecule has 0 aliphatic carbocycles. The molecule has 0 aromatic heterocycles. The first-order valence-electron chi connectivity index (χ1n) is 5.86. The van der Waals surface area contributed by atoms with Gasteiger partial charge in [0, 0.05) is 0 Å². The highest BCUT2D eigenvalue weighted by Crippen LogP contribution is 2.30. The minimum absolute atomic E-state index is 0.0140. The Kier molecular flexibility index (Phi) is 3.51. The van der Waals surface area contributed by atoms with E-state index in [2.05, 4.69) is 0 Å². The van der Waals surface area contributed by atoms with E-state index in [-0.39, 0.29) is 24.3 Å². The highest BCUT2D eigenvalue weighted by Gasteiger charge is 2.40. The van der Waals surface area contributed by atoms with Crippen LogP contribution in [0.3, 0.4) is 0 Å². The van der Waals surface area contributed by atoms with E-state index < -0.39 is 23.8 Å². The van der Waals surface area contributed by atoms with Gasteiger partial charge in [-0.05, 0) is 24.6 Å². The third-order valence-corrected chi connectivity index (χ3v) is 2.79. The number of anilines is 1. The quantitative estimate of drug-likeness (QED) is 0.653. The molecule has 2 amide bonds. The Balaban J connectivity index is 2.34. The molecule has 1 N–H and O–H groups in total. The van der Waals surface area contributed by atoms with Crippen molar-refractivity contribution in [2.45, 2.75) is 13.3 Å². The van der Waals surface area contributed by atoms with Crippen molar-refractivity contribution < 1.29 is 29.0 Å². The molecule has 0 bridgehead atoms. The number of imide groups is 1. The number of Topliss-reactive ketones (excluding diaryl/α,β-unsaturated/α-hetero) is 1. The van der Waals surface area contributed by atoms with E-state index >= 15 is 0 Å². The van der Waals surface area contributed by atoms with Crippen LogP contribution in [-0.2, 0) is 20.7 Å². The first-order chi connectivity index (χ1) is 9.45. The third-order valence-electron chi connectivity index (χ3n) is 2.79. The molecule has 0 spiro atoms. The summed E-state index contributed by atoms with van der Waals surface area (Å²) < 4.78 is 4.78. The number of ether oxygens (including phenoxy) is 1. The number of nitrogens with zero attached hydrogens (tertiary/aromatic N) is 1. The second-order valence-electron chi connectivity index (χ2n) is 4.09. The lowest BCUT2D eigenvalue weighted by atomic mass is 10.1. The van der Waals surface area contributed by atoms with Crippen LogP contribution < -0.4 is 4.90 Å². The molecule has 1 aliphatic rings. The number of esters is 1. The normalized spacial score (nSPS) is 13.3. The molecule has 7 heteroatoms. The fourth-order valence-corrected chi connectivity index (χ4v) is 1.96. The zero-order chi connectivity index (χ0) is 14.9. The molecule has 0 fully saturated rings. The molecule has 0 atom stereocenters. The number of carbonyl (C=O) groups excluding carboxylic acids is 3. The van der Waals surface area contributed by atoms with Crippen LogP contribution in [0.5, 0.6) is 0 Å². The number of fused-ring (bicyclic) bond motifs is 1. The van der Waals surface area contributed by atoms with Gasteiger partial charge < -0.3 is 9.84 Å². The summed E-state index contributed by atoms with van der Waals surface area (Å²) in [5.41, 5.74) is 0.481. The number of carboxylic acid groups (broad SMARTS) is 1. The Morgan fingerprint density at radius 3 is 2.60 bits per heavy atom. The average Bonchev–Trinajstić information content (AvgIpc) is 2.62. The van der Waals surface area contributed by atoms with Gasteiger partial charge in [0.2, 0.25) is 0 Å². The molecule has 0 unspecified atom stereocenters. The number of hydrogen-bond donors (Lipinski definition) is 1. The summed E-state index contributed by atoms with van der Waals surface area (Å²) in [5, 5.41) is 8.91. The predicted octanol–water partition coefficient (Wildman–Crippen LogP) is 1.000. The first-order valence-corrected chi connectivity index (χ1v) is 5.86.